The van der Waals surface area contributed by atoms with Gasteiger partial charge in [0, 0.05) is 0 Å². The molecule has 0 aromatic heterocycles. The Hall–Kier alpha value is -2.87. The molecule has 2 aromatic carbocycles. The van der Waals surface area contributed by atoms with Gasteiger partial charge in [0.15, 0.2) is 17.3 Å². The molecular formula is C15H10FNO3. The first-order chi connectivity index (χ1) is 9.63. The van der Waals surface area contributed by atoms with Crippen LogP contribution in [0.15, 0.2) is 42.5 Å². The second kappa shape index (κ2) is 5.85. The molecule has 0 saturated heterocycles. The van der Waals surface area contributed by atoms with Crippen molar-refractivity contribution in [2.45, 2.75) is 0 Å². The van der Waals surface area contributed by atoms with Gasteiger partial charge in [0.25, 0.3) is 0 Å². The van der Waals surface area contributed by atoms with E-state index in [1.54, 1.807) is 18.2 Å². The van der Waals surface area contributed by atoms with E-state index < -0.39 is 11.8 Å². The van der Waals surface area contributed by atoms with Gasteiger partial charge in [-0.15, -0.1) is 0 Å². The number of methoxy groups -OCH3 is 1. The number of carbonyl (C=O) groups is 1. The van der Waals surface area contributed by atoms with Crippen LogP contribution in [0.1, 0.15) is 10.4 Å². The molecule has 0 amide bonds. The Labute approximate surface area is 115 Å². The first kappa shape index (κ1) is 13.6. The molecule has 2 rings (SSSR count). The molecule has 100 valence electrons. The Morgan fingerprint density at radius 2 is 2.05 bits per heavy atom. The average molecular weight is 271 g/mol. The summed E-state index contributed by atoms with van der Waals surface area (Å²) >= 11 is 0. The molecule has 0 radical (unpaired) electrons. The fourth-order valence-corrected chi connectivity index (χ4v) is 1.57. The van der Waals surface area contributed by atoms with Crippen LogP contribution < -0.4 is 4.74 Å². The third-order valence-corrected chi connectivity index (χ3v) is 2.53. The highest BCUT2D eigenvalue weighted by Crippen LogP contribution is 2.28. The summed E-state index contributed by atoms with van der Waals surface area (Å²) in [6.45, 7) is 6.79. The molecule has 2 aromatic rings. The molecule has 0 atom stereocenters. The topological polar surface area (TPSA) is 39.9 Å². The number of rotatable bonds is 3. The Balaban J connectivity index is 2.26. The van der Waals surface area contributed by atoms with Crippen LogP contribution in [0.25, 0.3) is 4.85 Å². The lowest BCUT2D eigenvalue weighted by Gasteiger charge is -2.08. The van der Waals surface area contributed by atoms with Gasteiger partial charge in [0.05, 0.1) is 19.2 Å². The molecular weight excluding hydrogens is 261 g/mol. The fourth-order valence-electron chi connectivity index (χ4n) is 1.57. The van der Waals surface area contributed by atoms with Gasteiger partial charge in [-0.2, -0.15) is 0 Å². The van der Waals surface area contributed by atoms with Crippen molar-refractivity contribution in [3.63, 3.8) is 0 Å². The Morgan fingerprint density at radius 1 is 1.25 bits per heavy atom. The van der Waals surface area contributed by atoms with E-state index in [0.29, 0.717) is 11.3 Å². The standard InChI is InChI=1S/C15H10FNO3/c1-17-11-6-7-14(13(16)9-11)20-12-5-3-4-10(8-12)15(18)19-2/h3-9H,2H3. The van der Waals surface area contributed by atoms with Gasteiger partial charge in [-0.05, 0) is 30.3 Å². The lowest BCUT2D eigenvalue weighted by Crippen LogP contribution is -2.01. The van der Waals surface area contributed by atoms with E-state index in [4.69, 9.17) is 11.3 Å². The Bertz CT molecular complexity index is 692. The van der Waals surface area contributed by atoms with Gasteiger partial charge in [-0.3, -0.25) is 0 Å². The number of halogens is 1. The zero-order valence-electron chi connectivity index (χ0n) is 10.6. The number of hydrogen-bond donors (Lipinski definition) is 0. The maximum Gasteiger partial charge on any atom is 0.337 e. The molecule has 0 bridgehead atoms. The minimum atomic E-state index is -0.637. The van der Waals surface area contributed by atoms with Crippen LogP contribution in [-0.4, -0.2) is 13.1 Å². The van der Waals surface area contributed by atoms with Crippen LogP contribution in [0.3, 0.4) is 0 Å². The smallest absolute Gasteiger partial charge is 0.337 e. The quantitative estimate of drug-likeness (QED) is 0.626. The van der Waals surface area contributed by atoms with E-state index in [1.165, 1.54) is 25.3 Å². The van der Waals surface area contributed by atoms with Crippen LogP contribution >= 0.6 is 0 Å². The highest BCUT2D eigenvalue weighted by molar-refractivity contribution is 5.89. The minimum Gasteiger partial charge on any atom is -0.465 e. The number of hydrogen-bond acceptors (Lipinski definition) is 3. The summed E-state index contributed by atoms with van der Waals surface area (Å²) in [5.41, 5.74) is 0.501. The minimum absolute atomic E-state index is 0.0144. The molecule has 0 aliphatic rings. The maximum absolute atomic E-state index is 13.7. The molecule has 0 saturated carbocycles. The molecule has 0 spiro atoms. The largest absolute Gasteiger partial charge is 0.465 e. The first-order valence-corrected chi connectivity index (χ1v) is 5.67. The normalized spacial score (nSPS) is 9.65. The van der Waals surface area contributed by atoms with Gasteiger partial charge in [-0.25, -0.2) is 14.0 Å². The molecule has 4 nitrogen and oxygen atoms in total. The molecule has 0 unspecified atom stereocenters. The van der Waals surface area contributed by atoms with Crippen LogP contribution in [0.4, 0.5) is 10.1 Å². The third-order valence-electron chi connectivity index (χ3n) is 2.53. The summed E-state index contributed by atoms with van der Waals surface area (Å²) < 4.78 is 23.6. The van der Waals surface area contributed by atoms with E-state index in [0.717, 1.165) is 6.07 Å². The van der Waals surface area contributed by atoms with Crippen LogP contribution in [0.5, 0.6) is 11.5 Å². The number of carbonyl (C=O) groups excluding carboxylic acids is 1. The van der Waals surface area contributed by atoms with Crippen molar-refractivity contribution < 1.29 is 18.7 Å². The zero-order chi connectivity index (χ0) is 14.5. The molecule has 0 heterocycles. The van der Waals surface area contributed by atoms with Crippen LogP contribution in [-0.2, 0) is 4.74 Å². The summed E-state index contributed by atoms with van der Waals surface area (Å²) in [6, 6.07) is 10.1. The van der Waals surface area contributed by atoms with Gasteiger partial charge in [-0.1, -0.05) is 12.1 Å². The second-order valence-electron chi connectivity index (χ2n) is 3.85. The summed E-state index contributed by atoms with van der Waals surface area (Å²) in [5.74, 6) is -0.844. The zero-order valence-corrected chi connectivity index (χ0v) is 10.6. The van der Waals surface area contributed by atoms with E-state index in [1.807, 2.05) is 0 Å². The van der Waals surface area contributed by atoms with E-state index >= 15 is 0 Å². The fraction of sp³-hybridized carbons (Fsp3) is 0.0667. The summed E-state index contributed by atoms with van der Waals surface area (Å²) in [6.07, 6.45) is 0. The summed E-state index contributed by atoms with van der Waals surface area (Å²) in [7, 11) is 1.28. The van der Waals surface area contributed by atoms with Gasteiger partial charge in [0.2, 0.25) is 0 Å². The molecule has 0 aliphatic carbocycles. The number of nitrogens with zero attached hydrogens (tertiary/aromatic N) is 1. The van der Waals surface area contributed by atoms with Gasteiger partial charge < -0.3 is 9.47 Å². The highest BCUT2D eigenvalue weighted by Gasteiger charge is 2.09. The predicted molar refractivity (Wildman–Crippen MR) is 70.5 cm³/mol. The van der Waals surface area contributed by atoms with Crippen LogP contribution in [0.2, 0.25) is 0 Å². The summed E-state index contributed by atoms with van der Waals surface area (Å²) in [4.78, 5) is 14.5. The van der Waals surface area contributed by atoms with Crippen molar-refractivity contribution in [2.24, 2.45) is 0 Å². The van der Waals surface area contributed by atoms with E-state index in [-0.39, 0.29) is 11.4 Å². The Morgan fingerprint density at radius 3 is 2.70 bits per heavy atom. The summed E-state index contributed by atoms with van der Waals surface area (Å²) in [5, 5.41) is 0. The van der Waals surface area contributed by atoms with Crippen molar-refractivity contribution in [3.8, 4) is 11.5 Å². The van der Waals surface area contributed by atoms with Crippen LogP contribution in [0, 0.1) is 12.4 Å². The Kier molecular flexibility index (Phi) is 3.96. The van der Waals surface area contributed by atoms with E-state index in [9.17, 15) is 9.18 Å². The number of benzene rings is 2. The van der Waals surface area contributed by atoms with Crippen molar-refractivity contribution in [2.75, 3.05) is 7.11 Å². The lowest BCUT2D eigenvalue weighted by atomic mass is 10.2. The maximum atomic E-state index is 13.7. The lowest BCUT2D eigenvalue weighted by molar-refractivity contribution is 0.0600. The monoisotopic (exact) mass is 271 g/mol. The predicted octanol–water partition coefficient (Wildman–Crippen LogP) is 3.96. The van der Waals surface area contributed by atoms with Crippen molar-refractivity contribution in [3.05, 3.63) is 65.3 Å². The average Bonchev–Trinajstić information content (AvgIpc) is 2.48. The molecule has 20 heavy (non-hydrogen) atoms. The molecule has 0 aliphatic heterocycles. The molecule has 0 N–H and O–H groups in total. The van der Waals surface area contributed by atoms with E-state index in [2.05, 4.69) is 9.58 Å². The third kappa shape index (κ3) is 2.93. The SMILES string of the molecule is [C-]#[N+]c1ccc(Oc2cccc(C(=O)OC)c2)c(F)c1. The van der Waals surface area contributed by atoms with Crippen molar-refractivity contribution in [1.82, 2.24) is 0 Å². The van der Waals surface area contributed by atoms with Crippen molar-refractivity contribution >= 4 is 11.7 Å². The van der Waals surface area contributed by atoms with Gasteiger partial charge in [0.1, 0.15) is 5.75 Å². The molecule has 5 heteroatoms. The number of esters is 1. The number of ether oxygens (including phenoxy) is 2. The first-order valence-electron chi connectivity index (χ1n) is 5.67. The second-order valence-corrected chi connectivity index (χ2v) is 3.85. The highest BCUT2D eigenvalue weighted by atomic mass is 19.1. The van der Waals surface area contributed by atoms with Gasteiger partial charge >= 0.3 is 5.97 Å². The van der Waals surface area contributed by atoms with Crippen molar-refractivity contribution in [1.29, 1.82) is 0 Å². The molecule has 0 fully saturated rings.